The van der Waals surface area contributed by atoms with Crippen molar-refractivity contribution in [1.29, 1.82) is 0 Å². The fraction of sp³-hybridized carbons (Fsp3) is 0.889. The van der Waals surface area contributed by atoms with Crippen LogP contribution < -0.4 is 0 Å². The van der Waals surface area contributed by atoms with Crippen molar-refractivity contribution < 1.29 is 22.7 Å². The first-order valence-corrected chi connectivity index (χ1v) is 8.65. The molecule has 0 bridgehead atoms. The van der Waals surface area contributed by atoms with E-state index in [2.05, 4.69) is 27.7 Å². The second kappa shape index (κ2) is 13.0. The summed E-state index contributed by atoms with van der Waals surface area (Å²) in [6.45, 7) is 8.41. The topological polar surface area (TPSA) is 74.6 Å². The number of unbranched alkanes of at least 4 members (excludes halogenated alkanes) is 6. The molecule has 0 fully saturated rings. The van der Waals surface area contributed by atoms with E-state index in [9.17, 15) is 9.59 Å². The largest absolute Gasteiger partial charge is 2.00 e. The van der Waals surface area contributed by atoms with Crippen LogP contribution in [0.25, 0.3) is 0 Å². The van der Waals surface area contributed by atoms with Gasteiger partial charge < -0.3 is 13.1 Å². The molecule has 1 unspecified atom stereocenters. The van der Waals surface area contributed by atoms with Gasteiger partial charge in [-0.05, 0) is 24.2 Å². The van der Waals surface area contributed by atoms with Gasteiger partial charge in [0, 0.05) is 0 Å². The quantitative estimate of drug-likeness (QED) is 0.304. The van der Waals surface area contributed by atoms with Crippen molar-refractivity contribution in [3.05, 3.63) is 0 Å². The number of hydrogen-bond acceptors (Lipinski definition) is 2. The van der Waals surface area contributed by atoms with Crippen LogP contribution in [0.4, 0.5) is 0 Å². The molecule has 0 heterocycles. The average Bonchev–Trinajstić information content (AvgIpc) is 2.38. The summed E-state index contributed by atoms with van der Waals surface area (Å²) >= 11 is 0. The van der Waals surface area contributed by atoms with Gasteiger partial charge in [0.2, 0.25) is 0 Å². The molecule has 5 heteroatoms. The summed E-state index contributed by atoms with van der Waals surface area (Å²) in [6.07, 6.45) is 9.67. The zero-order chi connectivity index (χ0) is 17.2. The fourth-order valence-electron chi connectivity index (χ4n) is 2.84. The van der Waals surface area contributed by atoms with Crippen LogP contribution in [0.1, 0.15) is 88.3 Å². The van der Waals surface area contributed by atoms with E-state index in [1.807, 2.05) is 0 Å². The van der Waals surface area contributed by atoms with Crippen molar-refractivity contribution >= 4 is 35.0 Å². The Labute approximate surface area is 160 Å². The number of carbonyl (C=O) groups is 2. The van der Waals surface area contributed by atoms with Crippen LogP contribution in [0, 0.1) is 17.3 Å². The molecule has 0 aliphatic carbocycles. The predicted molar refractivity (Wildman–Crippen MR) is 96.9 cm³/mol. The van der Waals surface area contributed by atoms with Gasteiger partial charge in [0.15, 0.2) is 5.92 Å². The van der Waals surface area contributed by atoms with Gasteiger partial charge in [-0.2, -0.15) is 0 Å². The molecule has 134 valence electrons. The van der Waals surface area contributed by atoms with E-state index in [0.717, 1.165) is 19.3 Å². The van der Waals surface area contributed by atoms with E-state index < -0.39 is 17.9 Å². The number of aliphatic carboxylic acids is 2. The molecule has 0 aromatic rings. The van der Waals surface area contributed by atoms with Crippen LogP contribution in [-0.4, -0.2) is 45.2 Å². The zero-order valence-electron chi connectivity index (χ0n) is 17.4. The van der Waals surface area contributed by atoms with Gasteiger partial charge in [-0.3, -0.25) is 9.59 Å². The first kappa shape index (κ1) is 25.0. The van der Waals surface area contributed by atoms with Crippen molar-refractivity contribution in [1.82, 2.24) is 0 Å². The summed E-state index contributed by atoms with van der Waals surface area (Å²) in [5, 5.41) is 18.1. The van der Waals surface area contributed by atoms with Crippen molar-refractivity contribution in [2.24, 2.45) is 17.3 Å². The van der Waals surface area contributed by atoms with Crippen molar-refractivity contribution in [2.75, 3.05) is 0 Å². The van der Waals surface area contributed by atoms with Gasteiger partial charge in [-0.25, -0.2) is 0 Å². The van der Waals surface area contributed by atoms with Crippen molar-refractivity contribution in [3.8, 4) is 0 Å². The van der Waals surface area contributed by atoms with Crippen LogP contribution in [-0.2, 0) is 9.59 Å². The summed E-state index contributed by atoms with van der Waals surface area (Å²) in [6, 6.07) is 0. The number of carboxylic acid groups (broad SMARTS) is 2. The molecule has 0 saturated heterocycles. The zero-order valence-corrected chi connectivity index (χ0v) is 16.9. The second-order valence-electron chi connectivity index (χ2n) is 7.44. The number of carboxylic acids is 2. The van der Waals surface area contributed by atoms with Gasteiger partial charge in [-0.15, -0.1) is 0 Å². The number of hydrogen-bond donors (Lipinski definition) is 2. The Balaban J connectivity index is -0.000000735. The Kier molecular flexibility index (Phi) is 14.2. The van der Waals surface area contributed by atoms with Crippen LogP contribution in [0.15, 0.2) is 0 Å². The van der Waals surface area contributed by atoms with Gasteiger partial charge in [0.1, 0.15) is 0 Å². The van der Waals surface area contributed by atoms with Crippen LogP contribution in [0.3, 0.4) is 0 Å². The molecule has 1 atom stereocenters. The Morgan fingerprint density at radius 1 is 0.913 bits per heavy atom. The molecule has 0 aliphatic rings. The number of rotatable bonds is 12. The third-order valence-corrected chi connectivity index (χ3v) is 4.50. The van der Waals surface area contributed by atoms with E-state index in [-0.39, 0.29) is 43.7 Å². The maximum Gasteiger partial charge on any atom is 2.00 e. The molecule has 4 nitrogen and oxygen atoms in total. The van der Waals surface area contributed by atoms with E-state index in [0.29, 0.717) is 0 Å². The molecule has 0 saturated carbocycles. The normalized spacial score (nSPS) is 12.7. The molecule has 0 amide bonds. The minimum absolute atomic E-state index is 0. The van der Waals surface area contributed by atoms with Gasteiger partial charge in [0.05, 0.1) is 0 Å². The Morgan fingerprint density at radius 2 is 1.35 bits per heavy atom. The van der Waals surface area contributed by atoms with Gasteiger partial charge >= 0.3 is 35.0 Å². The van der Waals surface area contributed by atoms with Gasteiger partial charge in [-0.1, -0.05) is 72.6 Å². The minimum atomic E-state index is -1.28. The molecule has 0 aromatic carbocycles. The molecule has 23 heavy (non-hydrogen) atoms. The monoisotopic (exact) mass is 340 g/mol. The Morgan fingerprint density at radius 3 is 1.74 bits per heavy atom. The summed E-state index contributed by atoms with van der Waals surface area (Å²) in [7, 11) is 0. The van der Waals surface area contributed by atoms with E-state index >= 15 is 0 Å². The van der Waals surface area contributed by atoms with Crippen molar-refractivity contribution in [3.63, 3.8) is 0 Å². The molecular formula is C18H36MgO4. The van der Waals surface area contributed by atoms with Crippen LogP contribution in [0.5, 0.6) is 0 Å². The minimum Gasteiger partial charge on any atom is -1.00 e. The fourth-order valence-corrected chi connectivity index (χ4v) is 2.84. The third-order valence-electron chi connectivity index (χ3n) is 4.50. The molecule has 0 spiro atoms. The summed E-state index contributed by atoms with van der Waals surface area (Å²) in [5.74, 6) is -3.60. The Bertz CT molecular complexity index is 332. The first-order valence-electron chi connectivity index (χ1n) is 8.65. The second-order valence-corrected chi connectivity index (χ2v) is 7.44. The summed E-state index contributed by atoms with van der Waals surface area (Å²) in [4.78, 5) is 22.2. The average molecular weight is 341 g/mol. The molecular weight excluding hydrogens is 304 g/mol. The molecule has 0 aliphatic heterocycles. The van der Waals surface area contributed by atoms with Gasteiger partial charge in [0.25, 0.3) is 0 Å². The maximum absolute atomic E-state index is 11.1. The summed E-state index contributed by atoms with van der Waals surface area (Å²) in [5.41, 5.74) is -0.0641. The third kappa shape index (κ3) is 11.8. The molecule has 0 aromatic heterocycles. The first-order chi connectivity index (χ1) is 10.2. The SMILES string of the molecule is CCCCCCCCCC(CC(C(=O)O)C(=O)O)C(C)(C)C.[H-].[H-].[Mg+2]. The standard InChI is InChI=1S/C18H34O4.Mg.2H/c1-5-6-7-8-9-10-11-12-14(18(2,3)4)13-15(16(19)20)17(21)22;;;/h14-15H,5-13H2,1-4H3,(H,19,20)(H,21,22);;;/q;+2;2*-1. The molecule has 2 N–H and O–H groups in total. The molecule has 0 rings (SSSR count). The van der Waals surface area contributed by atoms with Crippen LogP contribution in [0.2, 0.25) is 0 Å². The Hall–Kier alpha value is -0.294. The van der Waals surface area contributed by atoms with E-state index in [1.165, 1.54) is 32.1 Å². The van der Waals surface area contributed by atoms with Crippen molar-refractivity contribution in [2.45, 2.75) is 85.5 Å². The smallest absolute Gasteiger partial charge is 1.00 e. The summed E-state index contributed by atoms with van der Waals surface area (Å²) < 4.78 is 0. The maximum atomic E-state index is 11.1. The predicted octanol–water partition coefficient (Wildman–Crippen LogP) is 4.81. The van der Waals surface area contributed by atoms with E-state index in [4.69, 9.17) is 10.2 Å². The van der Waals surface area contributed by atoms with Crippen LogP contribution >= 0.6 is 0 Å². The molecule has 0 radical (unpaired) electrons. The van der Waals surface area contributed by atoms with E-state index in [1.54, 1.807) is 0 Å².